The van der Waals surface area contributed by atoms with Crippen LogP contribution in [0.15, 0.2) is 18.2 Å². The summed E-state index contributed by atoms with van der Waals surface area (Å²) in [6, 6.07) is 4.80. The summed E-state index contributed by atoms with van der Waals surface area (Å²) in [7, 11) is 0. The van der Waals surface area contributed by atoms with Crippen LogP contribution >= 0.6 is 35.6 Å². The normalized spacial score (nSPS) is 17.3. The van der Waals surface area contributed by atoms with Crippen LogP contribution in [-0.2, 0) is 4.79 Å². The summed E-state index contributed by atoms with van der Waals surface area (Å²) in [5.41, 5.74) is 5.75. The first-order valence-electron chi connectivity index (χ1n) is 7.25. The summed E-state index contributed by atoms with van der Waals surface area (Å²) in [5.74, 6) is -0.453. The molecular formula is C15H20Cl3N3O2. The van der Waals surface area contributed by atoms with Crippen molar-refractivity contribution < 1.29 is 9.59 Å². The molecule has 1 aliphatic rings. The van der Waals surface area contributed by atoms with Gasteiger partial charge in [-0.2, -0.15) is 0 Å². The molecule has 0 aromatic heterocycles. The standard InChI is InChI=1S/C15H19Cl2N3O2.ClH/c16-11-3-4-13(17)12(8-11)15(22)20-7-1-2-10(9-20)14(21)19-6-5-18;/h3-4,8,10H,1-2,5-7,9,18H2,(H,19,21);1H. The Morgan fingerprint density at radius 1 is 1.35 bits per heavy atom. The zero-order valence-electron chi connectivity index (χ0n) is 12.6. The van der Waals surface area contributed by atoms with Crippen molar-refractivity contribution >= 4 is 47.4 Å². The number of hydrogen-bond acceptors (Lipinski definition) is 3. The first-order valence-corrected chi connectivity index (χ1v) is 8.00. The van der Waals surface area contributed by atoms with Crippen molar-refractivity contribution in [3.8, 4) is 0 Å². The smallest absolute Gasteiger partial charge is 0.255 e. The van der Waals surface area contributed by atoms with Crippen LogP contribution in [-0.4, -0.2) is 42.9 Å². The number of hydrogen-bond donors (Lipinski definition) is 2. The summed E-state index contributed by atoms with van der Waals surface area (Å²) >= 11 is 12.0. The van der Waals surface area contributed by atoms with Gasteiger partial charge >= 0.3 is 0 Å². The number of likely N-dealkylation sites (tertiary alicyclic amines) is 1. The maximum absolute atomic E-state index is 12.6. The van der Waals surface area contributed by atoms with Crippen LogP contribution < -0.4 is 11.1 Å². The molecule has 0 bridgehead atoms. The van der Waals surface area contributed by atoms with Crippen LogP contribution in [0.3, 0.4) is 0 Å². The Morgan fingerprint density at radius 2 is 2.09 bits per heavy atom. The summed E-state index contributed by atoms with van der Waals surface area (Å²) < 4.78 is 0. The average Bonchev–Trinajstić information content (AvgIpc) is 2.54. The Hall–Kier alpha value is -1.01. The number of nitrogens with zero attached hydrogens (tertiary/aromatic N) is 1. The second-order valence-electron chi connectivity index (χ2n) is 5.29. The lowest BCUT2D eigenvalue weighted by molar-refractivity contribution is -0.126. The van der Waals surface area contributed by atoms with Gasteiger partial charge in [-0.05, 0) is 31.0 Å². The maximum Gasteiger partial charge on any atom is 0.255 e. The highest BCUT2D eigenvalue weighted by molar-refractivity contribution is 6.35. The van der Waals surface area contributed by atoms with Gasteiger partial charge in [-0.25, -0.2) is 0 Å². The van der Waals surface area contributed by atoms with Crippen molar-refractivity contribution in [1.29, 1.82) is 0 Å². The minimum Gasteiger partial charge on any atom is -0.355 e. The van der Waals surface area contributed by atoms with Gasteiger partial charge < -0.3 is 16.0 Å². The molecule has 23 heavy (non-hydrogen) atoms. The number of nitrogens with two attached hydrogens (primary N) is 1. The fraction of sp³-hybridized carbons (Fsp3) is 0.467. The molecule has 0 saturated carbocycles. The fourth-order valence-electron chi connectivity index (χ4n) is 2.55. The molecule has 0 radical (unpaired) electrons. The maximum atomic E-state index is 12.6. The lowest BCUT2D eigenvalue weighted by Gasteiger charge is -2.32. The van der Waals surface area contributed by atoms with Crippen molar-refractivity contribution in [3.05, 3.63) is 33.8 Å². The number of carbonyl (C=O) groups excluding carboxylic acids is 2. The average molecular weight is 381 g/mol. The molecule has 128 valence electrons. The van der Waals surface area contributed by atoms with Gasteiger partial charge in [0.15, 0.2) is 0 Å². The highest BCUT2D eigenvalue weighted by Gasteiger charge is 2.29. The van der Waals surface area contributed by atoms with Gasteiger partial charge in [-0.3, -0.25) is 9.59 Å². The zero-order valence-corrected chi connectivity index (χ0v) is 14.9. The van der Waals surface area contributed by atoms with Crippen LogP contribution in [0.25, 0.3) is 0 Å². The first-order chi connectivity index (χ1) is 10.5. The van der Waals surface area contributed by atoms with Gasteiger partial charge in [0.2, 0.25) is 5.91 Å². The summed E-state index contributed by atoms with van der Waals surface area (Å²) in [4.78, 5) is 26.3. The third kappa shape index (κ3) is 5.24. The van der Waals surface area contributed by atoms with Crippen LogP contribution in [0.5, 0.6) is 0 Å². The molecule has 1 unspecified atom stereocenters. The van der Waals surface area contributed by atoms with E-state index in [-0.39, 0.29) is 30.1 Å². The van der Waals surface area contributed by atoms with E-state index in [9.17, 15) is 9.59 Å². The lowest BCUT2D eigenvalue weighted by Crippen LogP contribution is -2.46. The molecule has 1 aromatic rings. The molecule has 8 heteroatoms. The predicted molar refractivity (Wildman–Crippen MR) is 94.4 cm³/mol. The molecule has 2 rings (SSSR count). The monoisotopic (exact) mass is 379 g/mol. The number of carbonyl (C=O) groups is 2. The molecule has 1 saturated heterocycles. The highest BCUT2D eigenvalue weighted by Crippen LogP contribution is 2.25. The zero-order chi connectivity index (χ0) is 16.1. The van der Waals surface area contributed by atoms with Gasteiger partial charge in [0.05, 0.1) is 16.5 Å². The molecular weight excluding hydrogens is 361 g/mol. The topological polar surface area (TPSA) is 75.4 Å². The van der Waals surface area contributed by atoms with E-state index < -0.39 is 0 Å². The number of amides is 2. The van der Waals surface area contributed by atoms with E-state index in [1.54, 1.807) is 23.1 Å². The second-order valence-corrected chi connectivity index (χ2v) is 6.14. The van der Waals surface area contributed by atoms with Crippen LogP contribution in [0.1, 0.15) is 23.2 Å². The number of rotatable bonds is 4. The van der Waals surface area contributed by atoms with Crippen LogP contribution in [0.2, 0.25) is 10.0 Å². The fourth-order valence-corrected chi connectivity index (χ4v) is 2.92. The molecule has 1 fully saturated rings. The summed E-state index contributed by atoms with van der Waals surface area (Å²) in [6.07, 6.45) is 1.55. The summed E-state index contributed by atoms with van der Waals surface area (Å²) in [5, 5.41) is 3.60. The number of benzene rings is 1. The molecule has 3 N–H and O–H groups in total. The number of nitrogens with one attached hydrogen (secondary N) is 1. The third-order valence-electron chi connectivity index (χ3n) is 3.68. The molecule has 1 heterocycles. The molecule has 5 nitrogen and oxygen atoms in total. The Balaban J connectivity index is 0.00000264. The molecule has 1 aromatic carbocycles. The molecule has 1 aliphatic heterocycles. The third-order valence-corrected chi connectivity index (χ3v) is 4.25. The van der Waals surface area contributed by atoms with E-state index in [1.165, 1.54) is 0 Å². The van der Waals surface area contributed by atoms with E-state index >= 15 is 0 Å². The van der Waals surface area contributed by atoms with E-state index in [2.05, 4.69) is 5.32 Å². The van der Waals surface area contributed by atoms with Gasteiger partial charge in [0.25, 0.3) is 5.91 Å². The molecule has 0 aliphatic carbocycles. The highest BCUT2D eigenvalue weighted by atomic mass is 35.5. The Morgan fingerprint density at radius 3 is 2.78 bits per heavy atom. The quantitative estimate of drug-likeness (QED) is 0.842. The largest absolute Gasteiger partial charge is 0.355 e. The van der Waals surface area contributed by atoms with E-state index in [0.717, 1.165) is 12.8 Å². The molecule has 2 amide bonds. The van der Waals surface area contributed by atoms with E-state index in [0.29, 0.717) is 41.8 Å². The van der Waals surface area contributed by atoms with Gasteiger partial charge in [0, 0.05) is 31.2 Å². The van der Waals surface area contributed by atoms with Crippen molar-refractivity contribution in [1.82, 2.24) is 10.2 Å². The van der Waals surface area contributed by atoms with Gasteiger partial charge in [-0.15, -0.1) is 12.4 Å². The van der Waals surface area contributed by atoms with Crippen molar-refractivity contribution in [3.63, 3.8) is 0 Å². The van der Waals surface area contributed by atoms with E-state index in [4.69, 9.17) is 28.9 Å². The second kappa shape index (κ2) is 9.33. The predicted octanol–water partition coefficient (Wildman–Crippen LogP) is 2.34. The Kier molecular flexibility index (Phi) is 8.12. The SMILES string of the molecule is Cl.NCCNC(=O)C1CCCN(C(=O)c2cc(Cl)ccc2Cl)C1. The molecule has 1 atom stereocenters. The van der Waals surface area contributed by atoms with Crippen LogP contribution in [0, 0.1) is 5.92 Å². The first kappa shape index (κ1) is 20.0. The minimum atomic E-state index is -0.206. The Bertz CT molecular complexity index is 569. The van der Waals surface area contributed by atoms with Gasteiger partial charge in [-0.1, -0.05) is 23.2 Å². The van der Waals surface area contributed by atoms with E-state index in [1.807, 2.05) is 0 Å². The van der Waals surface area contributed by atoms with Gasteiger partial charge in [0.1, 0.15) is 0 Å². The van der Waals surface area contributed by atoms with Crippen LogP contribution in [0.4, 0.5) is 0 Å². The van der Waals surface area contributed by atoms with Crippen molar-refractivity contribution in [2.24, 2.45) is 11.7 Å². The Labute approximate surface area is 151 Å². The number of halogens is 3. The van der Waals surface area contributed by atoms with Crippen molar-refractivity contribution in [2.45, 2.75) is 12.8 Å². The minimum absolute atomic E-state index is 0. The molecule has 0 spiro atoms. The summed E-state index contributed by atoms with van der Waals surface area (Å²) in [6.45, 7) is 1.85. The number of piperidine rings is 1. The lowest BCUT2D eigenvalue weighted by atomic mass is 9.96. The van der Waals surface area contributed by atoms with Crippen molar-refractivity contribution in [2.75, 3.05) is 26.2 Å².